The van der Waals surface area contributed by atoms with Gasteiger partial charge in [0.1, 0.15) is 0 Å². The van der Waals surface area contributed by atoms with Crippen LogP contribution in [0.3, 0.4) is 0 Å². The van der Waals surface area contributed by atoms with Crippen LogP contribution in [0.1, 0.15) is 17.5 Å². The Bertz CT molecular complexity index is 531. The van der Waals surface area contributed by atoms with Crippen LogP contribution in [0.15, 0.2) is 18.2 Å². The predicted molar refractivity (Wildman–Crippen MR) is 81.2 cm³/mol. The molecule has 0 spiro atoms. The number of hydrogen-bond acceptors (Lipinski definition) is 2. The van der Waals surface area contributed by atoms with E-state index in [1.807, 2.05) is 32.0 Å². The third-order valence-electron chi connectivity index (χ3n) is 3.04. The fourth-order valence-corrected chi connectivity index (χ4v) is 3.24. The lowest BCUT2D eigenvalue weighted by Gasteiger charge is -2.27. The second-order valence-corrected chi connectivity index (χ2v) is 7.07. The molecule has 0 atom stereocenters. The van der Waals surface area contributed by atoms with Crippen molar-refractivity contribution in [2.45, 2.75) is 20.3 Å². The van der Waals surface area contributed by atoms with E-state index in [1.165, 1.54) is 8.61 Å². The Hall–Kier alpha value is -0.780. The first kappa shape index (κ1) is 16.3. The number of rotatable bonds is 6. The van der Waals surface area contributed by atoms with Gasteiger partial charge in [0.15, 0.2) is 0 Å². The van der Waals surface area contributed by atoms with E-state index in [0.29, 0.717) is 24.5 Å². The summed E-state index contributed by atoms with van der Waals surface area (Å²) in [5, 5.41) is 0. The van der Waals surface area contributed by atoms with E-state index in [0.717, 1.165) is 11.1 Å². The molecule has 0 unspecified atom stereocenters. The van der Waals surface area contributed by atoms with Gasteiger partial charge in [-0.25, -0.2) is 0 Å². The van der Waals surface area contributed by atoms with Gasteiger partial charge in [-0.1, -0.05) is 17.7 Å². The fourth-order valence-electron chi connectivity index (χ4n) is 1.89. The summed E-state index contributed by atoms with van der Waals surface area (Å²) in [7, 11) is -0.347. The van der Waals surface area contributed by atoms with Crippen LogP contribution in [0.5, 0.6) is 0 Å². The maximum absolute atomic E-state index is 12.4. The first-order chi connectivity index (χ1) is 8.80. The summed E-state index contributed by atoms with van der Waals surface area (Å²) in [5.41, 5.74) is 2.75. The third kappa shape index (κ3) is 3.84. The number of aryl methyl sites for hydroxylation is 2. The third-order valence-corrected chi connectivity index (χ3v) is 5.16. The number of anilines is 1. The number of halogens is 1. The summed E-state index contributed by atoms with van der Waals surface area (Å²) in [5.74, 6) is 0.452. The summed E-state index contributed by atoms with van der Waals surface area (Å²) < 4.78 is 27.4. The molecule has 0 aliphatic rings. The molecule has 0 aliphatic heterocycles. The first-order valence-electron chi connectivity index (χ1n) is 6.14. The quantitative estimate of drug-likeness (QED) is 0.758. The second kappa shape index (κ2) is 6.59. The number of nitrogens with zero attached hydrogens (tertiary/aromatic N) is 2. The van der Waals surface area contributed by atoms with E-state index in [4.69, 9.17) is 11.6 Å². The molecule has 0 aromatic heterocycles. The zero-order valence-corrected chi connectivity index (χ0v) is 13.4. The van der Waals surface area contributed by atoms with Crippen LogP contribution in [-0.4, -0.2) is 39.2 Å². The van der Waals surface area contributed by atoms with Gasteiger partial charge in [0.05, 0.1) is 5.69 Å². The summed E-state index contributed by atoms with van der Waals surface area (Å²) in [6.07, 6.45) is 0.637. The highest BCUT2D eigenvalue weighted by molar-refractivity contribution is 7.90. The number of alkyl halides is 1. The van der Waals surface area contributed by atoms with E-state index >= 15 is 0 Å². The van der Waals surface area contributed by atoms with Crippen LogP contribution in [-0.2, 0) is 10.2 Å². The molecule has 1 aromatic carbocycles. The lowest BCUT2D eigenvalue weighted by atomic mass is 10.1. The fraction of sp³-hybridized carbons (Fsp3) is 0.538. The molecule has 0 heterocycles. The molecule has 0 saturated carbocycles. The van der Waals surface area contributed by atoms with E-state index in [2.05, 4.69) is 0 Å². The van der Waals surface area contributed by atoms with Gasteiger partial charge in [-0.05, 0) is 31.9 Å². The Kier molecular flexibility index (Phi) is 5.64. The monoisotopic (exact) mass is 304 g/mol. The molecule has 0 fully saturated rings. The van der Waals surface area contributed by atoms with Crippen LogP contribution in [0.25, 0.3) is 0 Å². The van der Waals surface area contributed by atoms with Gasteiger partial charge >= 0.3 is 10.2 Å². The zero-order valence-electron chi connectivity index (χ0n) is 11.9. The smallest absolute Gasteiger partial charge is 0.260 e. The van der Waals surface area contributed by atoms with E-state index < -0.39 is 10.2 Å². The van der Waals surface area contributed by atoms with Crippen molar-refractivity contribution in [2.24, 2.45) is 0 Å². The van der Waals surface area contributed by atoms with Crippen LogP contribution in [0, 0.1) is 13.8 Å². The molecule has 1 aromatic rings. The van der Waals surface area contributed by atoms with E-state index in [9.17, 15) is 8.42 Å². The van der Waals surface area contributed by atoms with Crippen molar-refractivity contribution in [3.05, 3.63) is 29.3 Å². The number of benzene rings is 1. The molecule has 19 heavy (non-hydrogen) atoms. The largest absolute Gasteiger partial charge is 0.303 e. The minimum absolute atomic E-state index is 0.418. The van der Waals surface area contributed by atoms with E-state index in [1.54, 1.807) is 14.1 Å². The van der Waals surface area contributed by atoms with Gasteiger partial charge in [0, 0.05) is 26.5 Å². The molecular formula is C13H21ClN2O2S. The van der Waals surface area contributed by atoms with E-state index in [-0.39, 0.29) is 0 Å². The normalized spacial score (nSPS) is 11.9. The predicted octanol–water partition coefficient (Wildman–Crippen LogP) is 2.55. The van der Waals surface area contributed by atoms with Crippen molar-refractivity contribution in [1.82, 2.24) is 4.31 Å². The summed E-state index contributed by atoms with van der Waals surface area (Å²) in [6, 6.07) is 5.71. The molecule has 0 amide bonds. The minimum Gasteiger partial charge on any atom is -0.260 e. The Balaban J connectivity index is 3.00. The Morgan fingerprint density at radius 3 is 2.37 bits per heavy atom. The van der Waals surface area contributed by atoms with Crippen LogP contribution in [0.2, 0.25) is 0 Å². The molecule has 0 aliphatic carbocycles. The SMILES string of the molecule is Cc1ccc(N(C)S(=O)(=O)N(C)CCCCl)c(C)c1. The highest BCUT2D eigenvalue weighted by Crippen LogP contribution is 2.23. The standard InChI is InChI=1S/C13H21ClN2O2S/c1-11-6-7-13(12(2)10-11)16(4)19(17,18)15(3)9-5-8-14/h6-7,10H,5,8-9H2,1-4H3. The number of hydrogen-bond donors (Lipinski definition) is 0. The molecule has 108 valence electrons. The van der Waals surface area contributed by atoms with Gasteiger partial charge < -0.3 is 0 Å². The molecule has 1 rings (SSSR count). The summed E-state index contributed by atoms with van der Waals surface area (Å²) in [4.78, 5) is 0. The van der Waals surface area contributed by atoms with Gasteiger partial charge in [-0.15, -0.1) is 11.6 Å². The second-order valence-electron chi connectivity index (χ2n) is 4.63. The maximum atomic E-state index is 12.4. The summed E-state index contributed by atoms with van der Waals surface area (Å²) in [6.45, 7) is 4.31. The molecular weight excluding hydrogens is 284 g/mol. The molecule has 0 radical (unpaired) electrons. The Morgan fingerprint density at radius 1 is 1.21 bits per heavy atom. The molecule has 0 bridgehead atoms. The maximum Gasteiger partial charge on any atom is 0.303 e. The topological polar surface area (TPSA) is 40.6 Å². The highest BCUT2D eigenvalue weighted by Gasteiger charge is 2.24. The van der Waals surface area contributed by atoms with Crippen LogP contribution in [0.4, 0.5) is 5.69 Å². The van der Waals surface area contributed by atoms with Gasteiger partial charge in [-0.3, -0.25) is 4.31 Å². The molecule has 0 N–H and O–H groups in total. The van der Waals surface area contributed by atoms with Gasteiger partial charge in [0.25, 0.3) is 0 Å². The minimum atomic E-state index is -3.49. The Morgan fingerprint density at radius 2 is 1.84 bits per heavy atom. The molecule has 0 saturated heterocycles. The van der Waals surface area contributed by atoms with Gasteiger partial charge in [0.2, 0.25) is 0 Å². The zero-order chi connectivity index (χ0) is 14.6. The van der Waals surface area contributed by atoms with Crippen molar-refractivity contribution >= 4 is 27.5 Å². The van der Waals surface area contributed by atoms with Crippen LogP contribution < -0.4 is 4.31 Å². The molecule has 6 heteroatoms. The van der Waals surface area contributed by atoms with Crippen molar-refractivity contribution in [1.29, 1.82) is 0 Å². The summed E-state index contributed by atoms with van der Waals surface area (Å²) >= 11 is 5.60. The van der Waals surface area contributed by atoms with Crippen molar-refractivity contribution in [3.8, 4) is 0 Å². The van der Waals surface area contributed by atoms with Crippen LogP contribution >= 0.6 is 11.6 Å². The van der Waals surface area contributed by atoms with Crippen molar-refractivity contribution in [2.75, 3.05) is 30.8 Å². The molecule has 4 nitrogen and oxygen atoms in total. The van der Waals surface area contributed by atoms with Gasteiger partial charge in [-0.2, -0.15) is 12.7 Å². The lowest BCUT2D eigenvalue weighted by Crippen LogP contribution is -2.40. The first-order valence-corrected chi connectivity index (χ1v) is 8.07. The lowest BCUT2D eigenvalue weighted by molar-refractivity contribution is 0.468. The highest BCUT2D eigenvalue weighted by atomic mass is 35.5. The Labute approximate surface area is 121 Å². The average Bonchev–Trinajstić information content (AvgIpc) is 2.35. The van der Waals surface area contributed by atoms with Crippen molar-refractivity contribution < 1.29 is 8.42 Å². The average molecular weight is 305 g/mol. The van der Waals surface area contributed by atoms with Crippen molar-refractivity contribution in [3.63, 3.8) is 0 Å².